The Hall–Kier alpha value is -2.96. The van der Waals surface area contributed by atoms with Gasteiger partial charge in [-0.3, -0.25) is 9.59 Å². The minimum atomic E-state index is -0.883. The SMILES string of the molecule is COc1cc(C(C)=O)ccc1OCC(=O)Nc1c(F)cccc1F. The number of anilines is 1. The Balaban J connectivity index is 2.05. The summed E-state index contributed by atoms with van der Waals surface area (Å²) >= 11 is 0. The van der Waals surface area contributed by atoms with Crippen molar-refractivity contribution in [3.8, 4) is 11.5 Å². The van der Waals surface area contributed by atoms with Crippen molar-refractivity contribution < 1.29 is 27.8 Å². The van der Waals surface area contributed by atoms with Gasteiger partial charge in [0, 0.05) is 5.56 Å². The Morgan fingerprint density at radius 3 is 2.33 bits per heavy atom. The second-order valence-corrected chi connectivity index (χ2v) is 4.86. The van der Waals surface area contributed by atoms with Crippen molar-refractivity contribution in [2.75, 3.05) is 19.0 Å². The summed E-state index contributed by atoms with van der Waals surface area (Å²) in [6.45, 7) is 0.926. The number of ether oxygens (including phenoxy) is 2. The van der Waals surface area contributed by atoms with Crippen molar-refractivity contribution in [2.45, 2.75) is 6.92 Å². The third kappa shape index (κ3) is 4.07. The summed E-state index contributed by atoms with van der Waals surface area (Å²) in [5.74, 6) is -2.15. The summed E-state index contributed by atoms with van der Waals surface area (Å²) in [5, 5.41) is 2.11. The molecule has 24 heavy (non-hydrogen) atoms. The number of nitrogens with one attached hydrogen (secondary N) is 1. The highest BCUT2D eigenvalue weighted by Crippen LogP contribution is 2.28. The fourth-order valence-electron chi connectivity index (χ4n) is 1.94. The molecule has 0 aliphatic heterocycles. The van der Waals surface area contributed by atoms with Crippen LogP contribution in [0.3, 0.4) is 0 Å². The van der Waals surface area contributed by atoms with Crippen molar-refractivity contribution in [1.82, 2.24) is 0 Å². The van der Waals surface area contributed by atoms with Crippen molar-refractivity contribution >= 4 is 17.4 Å². The van der Waals surface area contributed by atoms with Gasteiger partial charge in [0.15, 0.2) is 23.9 Å². The topological polar surface area (TPSA) is 64.6 Å². The van der Waals surface area contributed by atoms with Crippen molar-refractivity contribution in [1.29, 1.82) is 0 Å². The normalized spacial score (nSPS) is 10.2. The summed E-state index contributed by atoms with van der Waals surface area (Å²) in [6.07, 6.45) is 0. The Morgan fingerprint density at radius 2 is 1.75 bits per heavy atom. The number of ketones is 1. The van der Waals surface area contributed by atoms with Gasteiger partial charge in [0.1, 0.15) is 17.3 Å². The van der Waals surface area contributed by atoms with Gasteiger partial charge in [-0.25, -0.2) is 8.78 Å². The number of rotatable bonds is 6. The van der Waals surface area contributed by atoms with Crippen molar-refractivity contribution in [3.63, 3.8) is 0 Å². The van der Waals surface area contributed by atoms with Gasteiger partial charge in [-0.15, -0.1) is 0 Å². The van der Waals surface area contributed by atoms with Crippen molar-refractivity contribution in [3.05, 3.63) is 53.6 Å². The molecule has 0 heterocycles. The van der Waals surface area contributed by atoms with Crippen LogP contribution in [0.25, 0.3) is 0 Å². The third-order valence-corrected chi connectivity index (χ3v) is 3.16. The molecule has 0 atom stereocenters. The highest BCUT2D eigenvalue weighted by atomic mass is 19.1. The standard InChI is InChI=1S/C17H15F2NO4/c1-10(21)11-6-7-14(15(8-11)23-2)24-9-16(22)20-17-12(18)4-3-5-13(17)19/h3-8H,9H2,1-2H3,(H,20,22). The molecule has 2 aromatic rings. The molecule has 0 fully saturated rings. The molecule has 2 rings (SSSR count). The molecule has 7 heteroatoms. The maximum absolute atomic E-state index is 13.5. The number of carbonyl (C=O) groups is 2. The Bertz CT molecular complexity index is 757. The third-order valence-electron chi connectivity index (χ3n) is 3.16. The van der Waals surface area contributed by atoms with Crippen LogP contribution in [0.15, 0.2) is 36.4 Å². The molecule has 2 aromatic carbocycles. The van der Waals surface area contributed by atoms with E-state index in [4.69, 9.17) is 9.47 Å². The van der Waals surface area contributed by atoms with E-state index in [2.05, 4.69) is 5.32 Å². The Kier molecular flexibility index (Phi) is 5.47. The number of methoxy groups -OCH3 is 1. The van der Waals surface area contributed by atoms with Gasteiger partial charge in [0.25, 0.3) is 5.91 Å². The summed E-state index contributed by atoms with van der Waals surface area (Å²) in [6, 6.07) is 7.73. The maximum Gasteiger partial charge on any atom is 0.262 e. The largest absolute Gasteiger partial charge is 0.493 e. The Labute approximate surface area is 137 Å². The first-order chi connectivity index (χ1) is 11.4. The maximum atomic E-state index is 13.5. The van der Waals surface area contributed by atoms with Crippen LogP contribution in [0, 0.1) is 11.6 Å². The van der Waals surface area contributed by atoms with E-state index in [1.54, 1.807) is 0 Å². The first-order valence-electron chi connectivity index (χ1n) is 6.98. The lowest BCUT2D eigenvalue weighted by atomic mass is 10.1. The average molecular weight is 335 g/mol. The summed E-state index contributed by atoms with van der Waals surface area (Å²) in [5.41, 5.74) is -0.109. The van der Waals surface area contributed by atoms with E-state index >= 15 is 0 Å². The molecule has 0 saturated heterocycles. The van der Waals surface area contributed by atoms with E-state index in [0.717, 1.165) is 12.1 Å². The van der Waals surface area contributed by atoms with Gasteiger partial charge in [-0.05, 0) is 37.3 Å². The second-order valence-electron chi connectivity index (χ2n) is 4.86. The molecule has 0 aliphatic carbocycles. The van der Waals surface area contributed by atoms with E-state index in [0.29, 0.717) is 5.56 Å². The van der Waals surface area contributed by atoms with Gasteiger partial charge in [-0.1, -0.05) is 6.07 Å². The minimum Gasteiger partial charge on any atom is -0.493 e. The van der Waals surface area contributed by atoms with Gasteiger partial charge < -0.3 is 14.8 Å². The highest BCUT2D eigenvalue weighted by molar-refractivity contribution is 5.95. The van der Waals surface area contributed by atoms with E-state index in [1.807, 2.05) is 0 Å². The zero-order valence-electron chi connectivity index (χ0n) is 13.1. The summed E-state index contributed by atoms with van der Waals surface area (Å²) < 4.78 is 37.3. The predicted octanol–water partition coefficient (Wildman–Crippen LogP) is 3.19. The van der Waals surface area contributed by atoms with Crippen LogP contribution in [-0.4, -0.2) is 25.4 Å². The molecule has 0 unspecified atom stereocenters. The first-order valence-corrected chi connectivity index (χ1v) is 6.98. The van der Waals surface area contributed by atoms with Gasteiger partial charge in [0.2, 0.25) is 0 Å². The number of amides is 1. The fraction of sp³-hybridized carbons (Fsp3) is 0.176. The molecule has 1 N–H and O–H groups in total. The molecule has 0 saturated carbocycles. The van der Waals surface area contributed by atoms with Crippen LogP contribution in [0.2, 0.25) is 0 Å². The lowest BCUT2D eigenvalue weighted by Crippen LogP contribution is -2.21. The van der Waals surface area contributed by atoms with Crippen molar-refractivity contribution in [2.24, 2.45) is 0 Å². The predicted molar refractivity (Wildman–Crippen MR) is 83.5 cm³/mol. The molecule has 1 amide bonds. The number of hydrogen-bond donors (Lipinski definition) is 1. The molecule has 0 bridgehead atoms. The van der Waals surface area contributed by atoms with Gasteiger partial charge in [0.05, 0.1) is 7.11 Å². The monoisotopic (exact) mass is 335 g/mol. The first kappa shape index (κ1) is 17.4. The van der Waals surface area contributed by atoms with Crippen LogP contribution in [-0.2, 0) is 4.79 Å². The molecule has 0 aromatic heterocycles. The number of benzene rings is 2. The molecule has 0 spiro atoms. The lowest BCUT2D eigenvalue weighted by Gasteiger charge is -2.12. The Morgan fingerprint density at radius 1 is 1.08 bits per heavy atom. The van der Waals surface area contributed by atoms with E-state index in [1.165, 1.54) is 38.3 Å². The quantitative estimate of drug-likeness (QED) is 0.824. The van der Waals surface area contributed by atoms with Gasteiger partial charge in [-0.2, -0.15) is 0 Å². The number of halogens is 2. The average Bonchev–Trinajstić information content (AvgIpc) is 2.56. The van der Waals surface area contributed by atoms with Crippen LogP contribution in [0.5, 0.6) is 11.5 Å². The van der Waals surface area contributed by atoms with E-state index < -0.39 is 29.8 Å². The lowest BCUT2D eigenvalue weighted by molar-refractivity contribution is -0.118. The molecule has 0 radical (unpaired) electrons. The zero-order valence-corrected chi connectivity index (χ0v) is 13.1. The number of para-hydroxylation sites is 1. The number of carbonyl (C=O) groups excluding carboxylic acids is 2. The highest BCUT2D eigenvalue weighted by Gasteiger charge is 2.14. The van der Waals surface area contributed by atoms with Crippen LogP contribution in [0.1, 0.15) is 17.3 Å². The molecular formula is C17H15F2NO4. The second kappa shape index (κ2) is 7.54. The molecular weight excluding hydrogens is 320 g/mol. The smallest absolute Gasteiger partial charge is 0.262 e. The van der Waals surface area contributed by atoms with Crippen LogP contribution < -0.4 is 14.8 Å². The molecule has 0 aliphatic rings. The number of Topliss-reactive ketones (excluding diaryl/α,β-unsaturated/α-hetero) is 1. The van der Waals surface area contributed by atoms with Gasteiger partial charge >= 0.3 is 0 Å². The van der Waals surface area contributed by atoms with E-state index in [9.17, 15) is 18.4 Å². The van der Waals surface area contributed by atoms with E-state index in [-0.39, 0.29) is 17.3 Å². The van der Waals surface area contributed by atoms with Crippen LogP contribution >= 0.6 is 0 Å². The zero-order chi connectivity index (χ0) is 17.7. The molecule has 126 valence electrons. The summed E-state index contributed by atoms with van der Waals surface area (Å²) in [4.78, 5) is 23.1. The molecule has 5 nitrogen and oxygen atoms in total. The minimum absolute atomic E-state index is 0.146. The number of hydrogen-bond acceptors (Lipinski definition) is 4. The van der Waals surface area contributed by atoms with Crippen LogP contribution in [0.4, 0.5) is 14.5 Å². The fourth-order valence-corrected chi connectivity index (χ4v) is 1.94. The summed E-state index contributed by atoms with van der Waals surface area (Å²) in [7, 11) is 1.39.